The van der Waals surface area contributed by atoms with E-state index in [4.69, 9.17) is 0 Å². The zero-order valence-corrected chi connectivity index (χ0v) is 8.24. The van der Waals surface area contributed by atoms with Gasteiger partial charge in [-0.25, -0.2) is 0 Å². The molecule has 0 spiro atoms. The van der Waals surface area contributed by atoms with Crippen molar-refractivity contribution in [1.82, 2.24) is 4.98 Å². The summed E-state index contributed by atoms with van der Waals surface area (Å²) in [6.45, 7) is 2.22. The van der Waals surface area contributed by atoms with Crippen molar-refractivity contribution in [3.63, 3.8) is 0 Å². The molecular formula is C12H17N. The molecule has 0 saturated heterocycles. The van der Waals surface area contributed by atoms with Crippen LogP contribution in [0.4, 0.5) is 0 Å². The summed E-state index contributed by atoms with van der Waals surface area (Å²) in [7, 11) is 0. The molecule has 1 aromatic rings. The van der Waals surface area contributed by atoms with E-state index in [9.17, 15) is 0 Å². The molecule has 0 amide bonds. The van der Waals surface area contributed by atoms with Gasteiger partial charge < -0.3 is 0 Å². The van der Waals surface area contributed by atoms with E-state index >= 15 is 0 Å². The van der Waals surface area contributed by atoms with Crippen molar-refractivity contribution in [1.29, 1.82) is 0 Å². The van der Waals surface area contributed by atoms with Crippen LogP contribution >= 0.6 is 0 Å². The number of aromatic nitrogens is 1. The predicted molar refractivity (Wildman–Crippen MR) is 57.4 cm³/mol. The van der Waals surface area contributed by atoms with E-state index in [1.54, 1.807) is 0 Å². The number of allylic oxidation sites excluding steroid dienone is 1. The quantitative estimate of drug-likeness (QED) is 0.622. The summed E-state index contributed by atoms with van der Waals surface area (Å²) in [6.07, 6.45) is 11.2. The van der Waals surface area contributed by atoms with Crippen LogP contribution in [0.2, 0.25) is 0 Å². The smallest absolute Gasteiger partial charge is 0.0626 e. The van der Waals surface area contributed by atoms with E-state index in [0.717, 1.165) is 5.69 Å². The highest BCUT2D eigenvalue weighted by Crippen LogP contribution is 2.02. The Hall–Kier alpha value is -1.11. The molecule has 0 aliphatic heterocycles. The Labute approximate surface area is 80.5 Å². The lowest BCUT2D eigenvalue weighted by Crippen LogP contribution is -1.76. The highest BCUT2D eigenvalue weighted by molar-refractivity contribution is 5.43. The van der Waals surface area contributed by atoms with Crippen LogP contribution in [-0.2, 0) is 0 Å². The monoisotopic (exact) mass is 175 g/mol. The summed E-state index contributed by atoms with van der Waals surface area (Å²) in [5.74, 6) is 0. The molecule has 1 heteroatoms. The molecule has 13 heavy (non-hydrogen) atoms. The van der Waals surface area contributed by atoms with Crippen LogP contribution in [0.5, 0.6) is 0 Å². The number of rotatable bonds is 5. The lowest BCUT2D eigenvalue weighted by Gasteiger charge is -1.92. The lowest BCUT2D eigenvalue weighted by atomic mass is 10.2. The van der Waals surface area contributed by atoms with Crippen LogP contribution < -0.4 is 0 Å². The topological polar surface area (TPSA) is 12.9 Å². The predicted octanol–water partition coefficient (Wildman–Crippen LogP) is 3.68. The lowest BCUT2D eigenvalue weighted by molar-refractivity contribution is 0.730. The van der Waals surface area contributed by atoms with Crippen molar-refractivity contribution in [2.24, 2.45) is 0 Å². The van der Waals surface area contributed by atoms with Gasteiger partial charge in [0, 0.05) is 6.20 Å². The van der Waals surface area contributed by atoms with Gasteiger partial charge in [0.1, 0.15) is 0 Å². The molecule has 0 saturated carbocycles. The van der Waals surface area contributed by atoms with E-state index in [1.807, 2.05) is 24.4 Å². The standard InChI is InChI=1S/C12H17N/c1-2-3-4-5-6-9-12-10-7-8-11-13-12/h6-11H,2-5H2,1H3. The molecule has 0 unspecified atom stereocenters. The average molecular weight is 175 g/mol. The average Bonchev–Trinajstić information content (AvgIpc) is 2.19. The maximum absolute atomic E-state index is 4.21. The third-order valence-electron chi connectivity index (χ3n) is 1.95. The van der Waals surface area contributed by atoms with Gasteiger partial charge in [-0.3, -0.25) is 4.98 Å². The van der Waals surface area contributed by atoms with Gasteiger partial charge >= 0.3 is 0 Å². The Morgan fingerprint density at radius 2 is 2.23 bits per heavy atom. The molecule has 70 valence electrons. The zero-order chi connectivity index (χ0) is 9.36. The third kappa shape index (κ3) is 4.46. The third-order valence-corrected chi connectivity index (χ3v) is 1.95. The highest BCUT2D eigenvalue weighted by Gasteiger charge is 1.84. The Morgan fingerprint density at radius 3 is 2.92 bits per heavy atom. The second-order valence-electron chi connectivity index (χ2n) is 3.15. The number of hydrogen-bond donors (Lipinski definition) is 0. The van der Waals surface area contributed by atoms with Crippen LogP contribution in [0, 0.1) is 0 Å². The van der Waals surface area contributed by atoms with Crippen LogP contribution in [-0.4, -0.2) is 4.98 Å². The van der Waals surface area contributed by atoms with E-state index in [-0.39, 0.29) is 0 Å². The molecule has 0 aliphatic carbocycles. The highest BCUT2D eigenvalue weighted by atomic mass is 14.6. The Balaban J connectivity index is 2.25. The summed E-state index contributed by atoms with van der Waals surface area (Å²) >= 11 is 0. The number of unbranched alkanes of at least 4 members (excludes halogenated alkanes) is 3. The van der Waals surface area contributed by atoms with Gasteiger partial charge in [-0.15, -0.1) is 0 Å². The summed E-state index contributed by atoms with van der Waals surface area (Å²) in [6, 6.07) is 5.98. The van der Waals surface area contributed by atoms with Crippen LogP contribution in [0.1, 0.15) is 38.3 Å². The first kappa shape index (κ1) is 9.97. The zero-order valence-electron chi connectivity index (χ0n) is 8.24. The number of pyridine rings is 1. The minimum atomic E-state index is 1.05. The van der Waals surface area contributed by atoms with E-state index in [0.29, 0.717) is 0 Å². The van der Waals surface area contributed by atoms with Gasteiger partial charge in [0.15, 0.2) is 0 Å². The summed E-state index contributed by atoms with van der Waals surface area (Å²) < 4.78 is 0. The van der Waals surface area contributed by atoms with Crippen molar-refractivity contribution in [2.45, 2.75) is 32.6 Å². The van der Waals surface area contributed by atoms with Gasteiger partial charge in [-0.05, 0) is 31.1 Å². The molecule has 1 aromatic heterocycles. The van der Waals surface area contributed by atoms with E-state index in [1.165, 1.54) is 25.7 Å². The molecule has 1 rings (SSSR count). The Kier molecular flexibility index (Phi) is 4.92. The van der Waals surface area contributed by atoms with Gasteiger partial charge in [0.05, 0.1) is 5.69 Å². The first-order valence-electron chi connectivity index (χ1n) is 5.01. The fourth-order valence-corrected chi connectivity index (χ4v) is 1.19. The van der Waals surface area contributed by atoms with Crippen molar-refractivity contribution in [2.75, 3.05) is 0 Å². The van der Waals surface area contributed by atoms with Crippen molar-refractivity contribution in [3.05, 3.63) is 36.2 Å². The molecule has 1 heterocycles. The fourth-order valence-electron chi connectivity index (χ4n) is 1.19. The molecule has 0 atom stereocenters. The van der Waals surface area contributed by atoms with Gasteiger partial charge in [0.2, 0.25) is 0 Å². The second-order valence-corrected chi connectivity index (χ2v) is 3.15. The van der Waals surface area contributed by atoms with Crippen molar-refractivity contribution >= 4 is 6.08 Å². The number of hydrogen-bond acceptors (Lipinski definition) is 1. The van der Waals surface area contributed by atoms with Crippen LogP contribution in [0.15, 0.2) is 30.5 Å². The molecule has 0 fully saturated rings. The first-order chi connectivity index (χ1) is 6.43. The molecule has 0 radical (unpaired) electrons. The minimum Gasteiger partial charge on any atom is -0.257 e. The minimum absolute atomic E-state index is 1.05. The Bertz CT molecular complexity index is 239. The SMILES string of the molecule is CCCCCC=Cc1ccccn1. The maximum Gasteiger partial charge on any atom is 0.0626 e. The van der Waals surface area contributed by atoms with Crippen LogP contribution in [0.3, 0.4) is 0 Å². The number of nitrogens with zero attached hydrogens (tertiary/aromatic N) is 1. The summed E-state index contributed by atoms with van der Waals surface area (Å²) in [5, 5.41) is 0. The second kappa shape index (κ2) is 6.41. The fraction of sp³-hybridized carbons (Fsp3) is 0.417. The molecule has 0 bridgehead atoms. The molecule has 0 aromatic carbocycles. The normalized spacial score (nSPS) is 10.8. The molecular weight excluding hydrogens is 158 g/mol. The summed E-state index contributed by atoms with van der Waals surface area (Å²) in [4.78, 5) is 4.21. The van der Waals surface area contributed by atoms with E-state index in [2.05, 4.69) is 24.1 Å². The van der Waals surface area contributed by atoms with Crippen molar-refractivity contribution in [3.8, 4) is 0 Å². The van der Waals surface area contributed by atoms with Gasteiger partial charge in [-0.2, -0.15) is 0 Å². The van der Waals surface area contributed by atoms with E-state index < -0.39 is 0 Å². The van der Waals surface area contributed by atoms with Gasteiger partial charge in [0.25, 0.3) is 0 Å². The van der Waals surface area contributed by atoms with Crippen LogP contribution in [0.25, 0.3) is 6.08 Å². The molecule has 0 N–H and O–H groups in total. The van der Waals surface area contributed by atoms with Crippen molar-refractivity contribution < 1.29 is 0 Å². The maximum atomic E-state index is 4.21. The molecule has 1 nitrogen and oxygen atoms in total. The summed E-state index contributed by atoms with van der Waals surface area (Å²) in [5.41, 5.74) is 1.05. The Morgan fingerprint density at radius 1 is 1.31 bits per heavy atom. The van der Waals surface area contributed by atoms with Gasteiger partial charge in [-0.1, -0.05) is 31.9 Å². The first-order valence-corrected chi connectivity index (χ1v) is 5.01. The largest absolute Gasteiger partial charge is 0.257 e. The molecule has 0 aliphatic rings.